The molecule has 0 bridgehead atoms. The quantitative estimate of drug-likeness (QED) is 0.321. The van der Waals surface area contributed by atoms with Gasteiger partial charge in [-0.05, 0) is 48.9 Å². The Labute approximate surface area is 213 Å². The van der Waals surface area contributed by atoms with Gasteiger partial charge in [-0.1, -0.05) is 11.6 Å². The largest absolute Gasteiger partial charge is 0.498 e. The van der Waals surface area contributed by atoms with Gasteiger partial charge in [-0.25, -0.2) is 14.8 Å². The topological polar surface area (TPSA) is 101 Å². The predicted octanol–water partition coefficient (Wildman–Crippen LogP) is 6.19. The van der Waals surface area contributed by atoms with Gasteiger partial charge in [0, 0.05) is 29.6 Å². The zero-order valence-corrected chi connectivity index (χ0v) is 20.7. The summed E-state index contributed by atoms with van der Waals surface area (Å²) in [6, 6.07) is 10.4. The summed E-state index contributed by atoms with van der Waals surface area (Å²) >= 11 is 5.93. The molecule has 0 radical (unpaired) electrons. The van der Waals surface area contributed by atoms with Gasteiger partial charge in [0.05, 0.1) is 44.1 Å². The van der Waals surface area contributed by atoms with Gasteiger partial charge in [-0.2, -0.15) is 0 Å². The van der Waals surface area contributed by atoms with E-state index in [-0.39, 0.29) is 6.61 Å². The molecule has 0 spiro atoms. The molecule has 4 rings (SSSR count). The Morgan fingerprint density at radius 3 is 2.50 bits per heavy atom. The number of fused-ring (bicyclic) bond motifs is 1. The van der Waals surface area contributed by atoms with E-state index in [1.807, 2.05) is 12.2 Å². The number of allylic oxidation sites excluding steroid dienone is 4. The van der Waals surface area contributed by atoms with Gasteiger partial charge in [0.25, 0.3) is 0 Å². The second-order valence-corrected chi connectivity index (χ2v) is 8.22. The molecule has 10 heteroatoms. The average Bonchev–Trinajstić information content (AvgIpc) is 2.90. The molecule has 0 saturated heterocycles. The Bertz CT molecular complexity index is 1280. The highest BCUT2D eigenvalue weighted by molar-refractivity contribution is 6.29. The van der Waals surface area contributed by atoms with E-state index in [2.05, 4.69) is 15.3 Å². The van der Waals surface area contributed by atoms with Gasteiger partial charge in [0.1, 0.15) is 12.1 Å². The van der Waals surface area contributed by atoms with Crippen molar-refractivity contribution >= 4 is 34.3 Å². The fraction of sp³-hybridized carbons (Fsp3) is 0.269. The smallest absolute Gasteiger partial charge is 0.411 e. The van der Waals surface area contributed by atoms with Crippen LogP contribution in [0.2, 0.25) is 0 Å². The molecule has 1 aliphatic rings. The standard InChI is InChI=1S/C26H26ClN3O6/c1-32-23-14-21-22(15-24(23)33-2)28-16-29-25(21)36-20-10-6-18(7-11-20)30-26(31)35-13-3-12-34-19-8-4-17(27)5-9-19/h4,6-8,10-11,14-16H,3,5,9,12-13H2,1-2H3,(H,30,31). The Hall–Kier alpha value is -3.98. The van der Waals surface area contributed by atoms with E-state index in [1.54, 1.807) is 50.6 Å². The Balaban J connectivity index is 1.27. The Kier molecular flexibility index (Phi) is 8.46. The lowest BCUT2D eigenvalue weighted by molar-refractivity contribution is 0.136. The van der Waals surface area contributed by atoms with Crippen molar-refractivity contribution in [1.82, 2.24) is 9.97 Å². The maximum absolute atomic E-state index is 12.1. The van der Waals surface area contributed by atoms with E-state index >= 15 is 0 Å². The molecule has 1 aromatic heterocycles. The third kappa shape index (κ3) is 6.57. The minimum absolute atomic E-state index is 0.242. The number of methoxy groups -OCH3 is 2. The molecule has 0 aliphatic heterocycles. The van der Waals surface area contributed by atoms with E-state index in [0.29, 0.717) is 52.7 Å². The SMILES string of the molecule is COc1cc2ncnc(Oc3ccc(NC(=O)OCCCOC4=CC=C(Cl)CC4)cc3)c2cc1OC. The van der Waals surface area contributed by atoms with Crippen molar-refractivity contribution in [3.63, 3.8) is 0 Å². The zero-order chi connectivity index (χ0) is 25.3. The molecular formula is C26H26ClN3O6. The summed E-state index contributed by atoms with van der Waals surface area (Å²) in [7, 11) is 3.12. The van der Waals surface area contributed by atoms with E-state index in [9.17, 15) is 4.79 Å². The highest BCUT2D eigenvalue weighted by Crippen LogP contribution is 2.35. The second kappa shape index (κ2) is 12.1. The number of nitrogens with one attached hydrogen (secondary N) is 1. The third-order valence-electron chi connectivity index (χ3n) is 5.29. The minimum Gasteiger partial charge on any atom is -0.498 e. The molecular weight excluding hydrogens is 486 g/mol. The number of halogens is 1. The lowest BCUT2D eigenvalue weighted by Gasteiger charge is -2.13. The normalized spacial score (nSPS) is 12.9. The number of carbonyl (C=O) groups excluding carboxylic acids is 1. The summed E-state index contributed by atoms with van der Waals surface area (Å²) in [5.74, 6) is 2.90. The molecule has 1 heterocycles. The van der Waals surface area contributed by atoms with Crippen LogP contribution in [0.5, 0.6) is 23.1 Å². The number of hydrogen-bond donors (Lipinski definition) is 1. The molecule has 2 aromatic carbocycles. The van der Waals surface area contributed by atoms with Crippen molar-refractivity contribution in [2.75, 3.05) is 32.8 Å². The van der Waals surface area contributed by atoms with Crippen LogP contribution in [-0.2, 0) is 9.47 Å². The molecule has 0 unspecified atom stereocenters. The molecule has 1 amide bonds. The van der Waals surface area contributed by atoms with Gasteiger partial charge in [-0.15, -0.1) is 0 Å². The number of hydrogen-bond acceptors (Lipinski definition) is 8. The van der Waals surface area contributed by atoms with Gasteiger partial charge in [-0.3, -0.25) is 5.32 Å². The molecule has 0 atom stereocenters. The van der Waals surface area contributed by atoms with Crippen molar-refractivity contribution in [3.8, 4) is 23.1 Å². The van der Waals surface area contributed by atoms with Gasteiger partial charge in [0.2, 0.25) is 5.88 Å². The number of anilines is 1. The van der Waals surface area contributed by atoms with Crippen molar-refractivity contribution in [2.24, 2.45) is 0 Å². The predicted molar refractivity (Wildman–Crippen MR) is 136 cm³/mol. The summed E-state index contributed by atoms with van der Waals surface area (Å²) in [6.45, 7) is 0.707. The highest BCUT2D eigenvalue weighted by Gasteiger charge is 2.13. The summed E-state index contributed by atoms with van der Waals surface area (Å²) in [6.07, 6.45) is 6.73. The maximum Gasteiger partial charge on any atom is 0.411 e. The van der Waals surface area contributed by atoms with Crippen LogP contribution in [0, 0.1) is 0 Å². The minimum atomic E-state index is -0.543. The first-order valence-electron chi connectivity index (χ1n) is 11.3. The number of carbonyl (C=O) groups is 1. The number of aromatic nitrogens is 2. The molecule has 1 aliphatic carbocycles. The van der Waals surface area contributed by atoms with Gasteiger partial charge < -0.3 is 23.7 Å². The second-order valence-electron chi connectivity index (χ2n) is 7.74. The monoisotopic (exact) mass is 511 g/mol. The maximum atomic E-state index is 12.1. The van der Waals surface area contributed by atoms with Crippen LogP contribution in [0.15, 0.2) is 65.7 Å². The number of amides is 1. The first-order chi connectivity index (χ1) is 17.6. The van der Waals surface area contributed by atoms with Crippen LogP contribution < -0.4 is 19.5 Å². The number of nitrogens with zero attached hydrogens (tertiary/aromatic N) is 2. The number of benzene rings is 2. The number of rotatable bonds is 10. The molecule has 0 saturated carbocycles. The third-order valence-corrected chi connectivity index (χ3v) is 5.60. The number of ether oxygens (including phenoxy) is 5. The lowest BCUT2D eigenvalue weighted by Crippen LogP contribution is -2.15. The summed E-state index contributed by atoms with van der Waals surface area (Å²) in [4.78, 5) is 20.6. The van der Waals surface area contributed by atoms with E-state index < -0.39 is 6.09 Å². The van der Waals surface area contributed by atoms with Crippen LogP contribution >= 0.6 is 11.6 Å². The van der Waals surface area contributed by atoms with Crippen LogP contribution in [-0.4, -0.2) is 43.5 Å². The molecule has 0 fully saturated rings. The van der Waals surface area contributed by atoms with Gasteiger partial charge >= 0.3 is 6.09 Å². The molecule has 3 aromatic rings. The fourth-order valence-corrected chi connectivity index (χ4v) is 3.61. The highest BCUT2D eigenvalue weighted by atomic mass is 35.5. The first kappa shape index (κ1) is 25.1. The van der Waals surface area contributed by atoms with Crippen molar-refractivity contribution in [2.45, 2.75) is 19.3 Å². The summed E-state index contributed by atoms with van der Waals surface area (Å²) in [5.41, 5.74) is 1.22. The van der Waals surface area contributed by atoms with Crippen molar-refractivity contribution in [1.29, 1.82) is 0 Å². The van der Waals surface area contributed by atoms with E-state index in [1.165, 1.54) is 6.33 Å². The van der Waals surface area contributed by atoms with Crippen LogP contribution in [0.1, 0.15) is 19.3 Å². The summed E-state index contributed by atoms with van der Waals surface area (Å²) in [5, 5.41) is 4.18. The van der Waals surface area contributed by atoms with Crippen LogP contribution in [0.4, 0.5) is 10.5 Å². The van der Waals surface area contributed by atoms with Crippen molar-refractivity contribution < 1.29 is 28.5 Å². The Morgan fingerprint density at radius 2 is 1.78 bits per heavy atom. The summed E-state index contributed by atoms with van der Waals surface area (Å²) < 4.78 is 27.5. The fourth-order valence-electron chi connectivity index (χ4n) is 3.45. The average molecular weight is 512 g/mol. The van der Waals surface area contributed by atoms with Crippen LogP contribution in [0.25, 0.3) is 10.9 Å². The van der Waals surface area contributed by atoms with E-state index in [4.69, 9.17) is 35.3 Å². The zero-order valence-electron chi connectivity index (χ0n) is 20.0. The van der Waals surface area contributed by atoms with E-state index in [0.717, 1.165) is 23.6 Å². The molecule has 1 N–H and O–H groups in total. The van der Waals surface area contributed by atoms with Crippen LogP contribution in [0.3, 0.4) is 0 Å². The lowest BCUT2D eigenvalue weighted by atomic mass is 10.1. The van der Waals surface area contributed by atoms with Gasteiger partial charge in [0.15, 0.2) is 11.5 Å². The van der Waals surface area contributed by atoms with Crippen molar-refractivity contribution in [3.05, 3.63) is 65.7 Å². The molecule has 9 nitrogen and oxygen atoms in total. The molecule has 36 heavy (non-hydrogen) atoms. The Morgan fingerprint density at radius 1 is 1.00 bits per heavy atom. The first-order valence-corrected chi connectivity index (χ1v) is 11.7. The molecule has 188 valence electrons.